The van der Waals surface area contributed by atoms with E-state index >= 15 is 0 Å². The number of anilines is 1. The van der Waals surface area contributed by atoms with Crippen molar-refractivity contribution >= 4 is 11.7 Å². The molecule has 5 nitrogen and oxygen atoms in total. The number of likely N-dealkylation sites (tertiary alicyclic amines) is 1. The Hall–Kier alpha value is -1.75. The van der Waals surface area contributed by atoms with Gasteiger partial charge in [0.25, 0.3) is 0 Å². The van der Waals surface area contributed by atoms with Gasteiger partial charge >= 0.3 is 6.03 Å². The lowest BCUT2D eigenvalue weighted by molar-refractivity contribution is 0.161. The first-order chi connectivity index (χ1) is 10.2. The second-order valence-corrected chi connectivity index (χ2v) is 5.51. The van der Waals surface area contributed by atoms with E-state index in [4.69, 9.17) is 4.74 Å². The summed E-state index contributed by atoms with van der Waals surface area (Å²) >= 11 is 0. The van der Waals surface area contributed by atoms with Gasteiger partial charge < -0.3 is 20.3 Å². The van der Waals surface area contributed by atoms with Gasteiger partial charge in [-0.3, -0.25) is 0 Å². The van der Waals surface area contributed by atoms with E-state index in [-0.39, 0.29) is 6.03 Å². The van der Waals surface area contributed by atoms with Crippen LogP contribution < -0.4 is 15.4 Å². The van der Waals surface area contributed by atoms with Crippen molar-refractivity contribution in [1.29, 1.82) is 0 Å². The highest BCUT2D eigenvalue weighted by Gasteiger charge is 2.28. The van der Waals surface area contributed by atoms with E-state index in [0.29, 0.717) is 23.4 Å². The SMILES string of the molecule is CCNC1CCN(C(=O)Nc2ccccc2OC)CC1C. The fourth-order valence-electron chi connectivity index (χ4n) is 2.84. The second-order valence-electron chi connectivity index (χ2n) is 5.51. The number of rotatable bonds is 4. The molecule has 1 saturated heterocycles. The Bertz CT molecular complexity index is 478. The molecule has 1 aromatic carbocycles. The Morgan fingerprint density at radius 2 is 2.19 bits per heavy atom. The van der Waals surface area contributed by atoms with Crippen LogP contribution in [0.15, 0.2) is 24.3 Å². The van der Waals surface area contributed by atoms with Gasteiger partial charge in [0.15, 0.2) is 0 Å². The molecule has 1 fully saturated rings. The molecule has 1 aliphatic rings. The van der Waals surface area contributed by atoms with Gasteiger partial charge in [-0.05, 0) is 31.0 Å². The molecule has 2 atom stereocenters. The standard InChI is InChI=1S/C16H25N3O2/c1-4-17-13-9-10-19(11-12(13)2)16(20)18-14-7-5-6-8-15(14)21-3/h5-8,12-13,17H,4,9-11H2,1-3H3,(H,18,20). The molecular formula is C16H25N3O2. The Labute approximate surface area is 126 Å². The minimum atomic E-state index is -0.0544. The average molecular weight is 291 g/mol. The monoisotopic (exact) mass is 291 g/mol. The quantitative estimate of drug-likeness (QED) is 0.896. The molecule has 5 heteroatoms. The smallest absolute Gasteiger partial charge is 0.321 e. The highest BCUT2D eigenvalue weighted by atomic mass is 16.5. The van der Waals surface area contributed by atoms with Crippen molar-refractivity contribution in [3.05, 3.63) is 24.3 Å². The number of urea groups is 1. The number of nitrogens with zero attached hydrogens (tertiary/aromatic N) is 1. The first-order valence-electron chi connectivity index (χ1n) is 7.58. The first kappa shape index (κ1) is 15.6. The van der Waals surface area contributed by atoms with Crippen molar-refractivity contribution in [3.8, 4) is 5.75 Å². The molecule has 2 rings (SSSR count). The third kappa shape index (κ3) is 3.88. The lowest BCUT2D eigenvalue weighted by atomic mass is 9.94. The van der Waals surface area contributed by atoms with Crippen LogP contribution in [-0.2, 0) is 0 Å². The number of carbonyl (C=O) groups is 1. The van der Waals surface area contributed by atoms with Gasteiger partial charge in [0.2, 0.25) is 0 Å². The maximum absolute atomic E-state index is 12.4. The molecular weight excluding hydrogens is 266 g/mol. The van der Waals surface area contributed by atoms with Gasteiger partial charge in [-0.25, -0.2) is 4.79 Å². The number of para-hydroxylation sites is 2. The molecule has 0 spiro atoms. The Balaban J connectivity index is 1.95. The summed E-state index contributed by atoms with van der Waals surface area (Å²) in [5.41, 5.74) is 0.714. The van der Waals surface area contributed by atoms with Crippen molar-refractivity contribution in [2.24, 2.45) is 5.92 Å². The van der Waals surface area contributed by atoms with Crippen LogP contribution in [0.5, 0.6) is 5.75 Å². The van der Waals surface area contributed by atoms with Crippen molar-refractivity contribution in [3.63, 3.8) is 0 Å². The van der Waals surface area contributed by atoms with Crippen molar-refractivity contribution in [1.82, 2.24) is 10.2 Å². The third-order valence-corrected chi connectivity index (χ3v) is 4.01. The number of hydrogen-bond donors (Lipinski definition) is 2. The molecule has 0 bridgehead atoms. The van der Waals surface area contributed by atoms with Crippen LogP contribution >= 0.6 is 0 Å². The minimum absolute atomic E-state index is 0.0544. The van der Waals surface area contributed by atoms with Crippen LogP contribution in [0.2, 0.25) is 0 Å². The van der Waals surface area contributed by atoms with Crippen LogP contribution in [0.4, 0.5) is 10.5 Å². The zero-order valence-electron chi connectivity index (χ0n) is 13.1. The van der Waals surface area contributed by atoms with E-state index in [1.165, 1.54) is 0 Å². The van der Waals surface area contributed by atoms with Crippen molar-refractivity contribution in [2.75, 3.05) is 32.1 Å². The fraction of sp³-hybridized carbons (Fsp3) is 0.562. The van der Waals surface area contributed by atoms with Crippen LogP contribution in [0.25, 0.3) is 0 Å². The van der Waals surface area contributed by atoms with Gasteiger partial charge in [0, 0.05) is 19.1 Å². The van der Waals surface area contributed by atoms with E-state index in [9.17, 15) is 4.79 Å². The maximum Gasteiger partial charge on any atom is 0.321 e. The lowest BCUT2D eigenvalue weighted by Gasteiger charge is -2.37. The normalized spacial score (nSPS) is 22.0. The summed E-state index contributed by atoms with van der Waals surface area (Å²) < 4.78 is 5.26. The molecule has 0 saturated carbocycles. The fourth-order valence-corrected chi connectivity index (χ4v) is 2.84. The van der Waals surface area contributed by atoms with Crippen LogP contribution in [0, 0.1) is 5.92 Å². The number of carbonyl (C=O) groups excluding carboxylic acids is 1. The number of hydrogen-bond acceptors (Lipinski definition) is 3. The Morgan fingerprint density at radius 1 is 1.43 bits per heavy atom. The van der Waals surface area contributed by atoms with Crippen molar-refractivity contribution in [2.45, 2.75) is 26.3 Å². The van der Waals surface area contributed by atoms with Crippen LogP contribution in [-0.4, -0.2) is 43.7 Å². The first-order valence-corrected chi connectivity index (χ1v) is 7.58. The highest BCUT2D eigenvalue weighted by Crippen LogP contribution is 2.24. The van der Waals surface area contributed by atoms with E-state index in [1.807, 2.05) is 29.2 Å². The molecule has 0 radical (unpaired) electrons. The number of benzene rings is 1. The Morgan fingerprint density at radius 3 is 2.86 bits per heavy atom. The summed E-state index contributed by atoms with van der Waals surface area (Å²) in [4.78, 5) is 14.3. The predicted molar refractivity (Wildman–Crippen MR) is 84.8 cm³/mol. The van der Waals surface area contributed by atoms with Gasteiger partial charge in [-0.1, -0.05) is 26.0 Å². The van der Waals surface area contributed by atoms with Crippen LogP contribution in [0.3, 0.4) is 0 Å². The number of ether oxygens (including phenoxy) is 1. The summed E-state index contributed by atoms with van der Waals surface area (Å²) in [7, 11) is 1.61. The number of nitrogens with one attached hydrogen (secondary N) is 2. The summed E-state index contributed by atoms with van der Waals surface area (Å²) in [6.07, 6.45) is 0.994. The van der Waals surface area contributed by atoms with E-state index in [2.05, 4.69) is 24.5 Å². The molecule has 2 N–H and O–H groups in total. The van der Waals surface area contributed by atoms with Gasteiger partial charge in [-0.2, -0.15) is 0 Å². The predicted octanol–water partition coefficient (Wildman–Crippen LogP) is 2.55. The molecule has 116 valence electrons. The molecule has 2 amide bonds. The summed E-state index contributed by atoms with van der Waals surface area (Å²) in [6.45, 7) is 6.84. The summed E-state index contributed by atoms with van der Waals surface area (Å²) in [5, 5.41) is 6.42. The summed E-state index contributed by atoms with van der Waals surface area (Å²) in [5.74, 6) is 1.14. The maximum atomic E-state index is 12.4. The third-order valence-electron chi connectivity index (χ3n) is 4.01. The minimum Gasteiger partial charge on any atom is -0.495 e. The molecule has 0 aromatic heterocycles. The Kier molecular flexibility index (Phi) is 5.44. The largest absolute Gasteiger partial charge is 0.495 e. The zero-order valence-corrected chi connectivity index (χ0v) is 13.1. The van der Waals surface area contributed by atoms with E-state index in [1.54, 1.807) is 7.11 Å². The number of piperidine rings is 1. The summed E-state index contributed by atoms with van der Waals surface area (Å²) in [6, 6.07) is 7.92. The van der Waals surface area contributed by atoms with Gasteiger partial charge in [-0.15, -0.1) is 0 Å². The zero-order chi connectivity index (χ0) is 15.2. The average Bonchev–Trinajstić information content (AvgIpc) is 2.50. The van der Waals surface area contributed by atoms with E-state index in [0.717, 1.165) is 26.1 Å². The molecule has 1 aromatic rings. The van der Waals surface area contributed by atoms with Crippen molar-refractivity contribution < 1.29 is 9.53 Å². The molecule has 21 heavy (non-hydrogen) atoms. The van der Waals surface area contributed by atoms with E-state index < -0.39 is 0 Å². The molecule has 1 heterocycles. The molecule has 2 unspecified atom stereocenters. The van der Waals surface area contributed by atoms with Crippen LogP contribution in [0.1, 0.15) is 20.3 Å². The highest BCUT2D eigenvalue weighted by molar-refractivity contribution is 5.91. The van der Waals surface area contributed by atoms with Gasteiger partial charge in [0.1, 0.15) is 5.75 Å². The topological polar surface area (TPSA) is 53.6 Å². The lowest BCUT2D eigenvalue weighted by Crippen LogP contribution is -2.51. The number of amides is 2. The number of methoxy groups -OCH3 is 1. The van der Waals surface area contributed by atoms with Gasteiger partial charge in [0.05, 0.1) is 12.8 Å². The molecule has 1 aliphatic heterocycles. The second kappa shape index (κ2) is 7.31. The molecule has 0 aliphatic carbocycles.